The number of nitrogens with zero attached hydrogens (tertiary/aromatic N) is 2. The van der Waals surface area contributed by atoms with E-state index in [1.807, 2.05) is 34.4 Å². The quantitative estimate of drug-likeness (QED) is 0.344. The van der Waals surface area contributed by atoms with Crippen LogP contribution in [0.1, 0.15) is 71.6 Å². The first-order valence-corrected chi connectivity index (χ1v) is 12.8. The van der Waals surface area contributed by atoms with Crippen LogP contribution in [0.15, 0.2) is 30.3 Å². The third-order valence-corrected chi connectivity index (χ3v) is 9.11. The molecule has 26 heavy (non-hydrogen) atoms. The van der Waals surface area contributed by atoms with Crippen molar-refractivity contribution in [2.75, 3.05) is 17.2 Å². The van der Waals surface area contributed by atoms with Gasteiger partial charge in [-0.05, 0) is 49.8 Å². The number of anilines is 1. The normalized spacial score (nSPS) is 18.0. The summed E-state index contributed by atoms with van der Waals surface area (Å²) in [7, 11) is -3.13. The molecule has 1 aromatic carbocycles. The van der Waals surface area contributed by atoms with Crippen LogP contribution in [-0.2, 0) is 4.57 Å². The van der Waals surface area contributed by atoms with Crippen LogP contribution in [0.3, 0.4) is 0 Å². The highest BCUT2D eigenvalue weighted by molar-refractivity contribution is 8.07. The smallest absolute Gasteiger partial charge is 0.263 e. The summed E-state index contributed by atoms with van der Waals surface area (Å²) in [4.78, 5) is 0. The third kappa shape index (κ3) is 6.30. The molecule has 0 aliphatic heterocycles. The summed E-state index contributed by atoms with van der Waals surface area (Å²) in [6.45, 7) is 5.95. The van der Waals surface area contributed by atoms with Gasteiger partial charge >= 0.3 is 7.59 Å². The fraction of sp³-hybridized carbons (Fsp3) is 0.700. The molecule has 0 saturated heterocycles. The van der Waals surface area contributed by atoms with E-state index in [-0.39, 0.29) is 0 Å². The molecule has 1 fully saturated rings. The molecule has 148 valence electrons. The molecule has 1 aliphatic carbocycles. The van der Waals surface area contributed by atoms with Crippen molar-refractivity contribution in [3.8, 4) is 0 Å². The van der Waals surface area contributed by atoms with Gasteiger partial charge in [0.25, 0.3) is 0 Å². The van der Waals surface area contributed by atoms with E-state index in [1.54, 1.807) is 11.9 Å². The van der Waals surface area contributed by atoms with Crippen LogP contribution in [0.4, 0.5) is 5.69 Å². The van der Waals surface area contributed by atoms with E-state index in [9.17, 15) is 4.57 Å². The van der Waals surface area contributed by atoms with Crippen LogP contribution in [0.25, 0.3) is 0 Å². The molecule has 4 nitrogen and oxygen atoms in total. The molecule has 0 heterocycles. The van der Waals surface area contributed by atoms with Crippen LogP contribution in [-0.4, -0.2) is 23.0 Å². The van der Waals surface area contributed by atoms with Gasteiger partial charge in [0.2, 0.25) is 0 Å². The molecule has 2 rings (SSSR count). The minimum atomic E-state index is -3.13. The van der Waals surface area contributed by atoms with Gasteiger partial charge in [0.15, 0.2) is 0 Å². The predicted octanol–water partition coefficient (Wildman–Crippen LogP) is 6.44. The van der Waals surface area contributed by atoms with Crippen molar-refractivity contribution in [2.24, 2.45) is 5.50 Å². The Hall–Kier alpha value is -0.480. The van der Waals surface area contributed by atoms with Gasteiger partial charge in [-0.25, -0.2) is 8.75 Å². The second-order valence-corrected chi connectivity index (χ2v) is 10.9. The molecule has 1 saturated carbocycles. The summed E-state index contributed by atoms with van der Waals surface area (Å²) >= 11 is 1.72. The Morgan fingerprint density at radius 1 is 1.04 bits per heavy atom. The second-order valence-electron chi connectivity index (χ2n) is 7.22. The SMILES string of the molecule is CCCCN(CCCC)P(N)(=O)N(SC1CCCCC1)c1ccccc1. The van der Waals surface area contributed by atoms with Crippen molar-refractivity contribution in [3.05, 3.63) is 30.3 Å². The van der Waals surface area contributed by atoms with E-state index in [0.29, 0.717) is 5.25 Å². The Morgan fingerprint density at radius 3 is 2.15 bits per heavy atom. The maximum absolute atomic E-state index is 13.9. The fourth-order valence-corrected chi connectivity index (χ4v) is 7.23. The average molecular weight is 398 g/mol. The van der Waals surface area contributed by atoms with Gasteiger partial charge in [-0.3, -0.25) is 10.1 Å². The molecule has 1 aliphatic rings. The molecule has 1 atom stereocenters. The lowest BCUT2D eigenvalue weighted by Gasteiger charge is -2.39. The molecule has 0 bridgehead atoms. The highest BCUT2D eigenvalue weighted by atomic mass is 32.2. The summed E-state index contributed by atoms with van der Waals surface area (Å²) in [5.41, 5.74) is 7.59. The van der Waals surface area contributed by atoms with E-state index >= 15 is 0 Å². The Morgan fingerprint density at radius 2 is 1.62 bits per heavy atom. The Bertz CT molecular complexity index is 543. The number of nitrogens with two attached hydrogens (primary N) is 1. The largest absolute Gasteiger partial charge is 0.315 e. The Kier molecular flexibility index (Phi) is 9.55. The van der Waals surface area contributed by atoms with Gasteiger partial charge in [0.1, 0.15) is 0 Å². The molecule has 0 aromatic heterocycles. The zero-order valence-corrected chi connectivity index (χ0v) is 18.2. The fourth-order valence-electron chi connectivity index (χ4n) is 3.36. The zero-order chi connectivity index (χ0) is 18.8. The first-order chi connectivity index (χ1) is 12.6. The standard InChI is InChI=1S/C20H36N3OPS/c1-3-5-17-22(18-6-4-2)25(21,24)23(19-13-9-7-10-14-19)26-20-15-11-8-12-16-20/h7,9-10,13-14,20H,3-6,8,11-12,15-18H2,1-2H3,(H2,21,24). The first kappa shape index (κ1) is 21.8. The molecule has 2 N–H and O–H groups in total. The lowest BCUT2D eigenvalue weighted by molar-refractivity contribution is 0.394. The maximum atomic E-state index is 13.9. The number of rotatable bonds is 11. The monoisotopic (exact) mass is 397 g/mol. The summed E-state index contributed by atoms with van der Waals surface area (Å²) in [6, 6.07) is 10.1. The van der Waals surface area contributed by atoms with Crippen LogP contribution >= 0.6 is 19.5 Å². The maximum Gasteiger partial charge on any atom is 0.315 e. The molecule has 0 amide bonds. The number of benzene rings is 1. The van der Waals surface area contributed by atoms with Gasteiger partial charge in [-0.2, -0.15) is 0 Å². The van der Waals surface area contributed by atoms with Crippen LogP contribution in [0.5, 0.6) is 0 Å². The summed E-state index contributed by atoms with van der Waals surface area (Å²) in [5.74, 6) is 0. The topological polar surface area (TPSA) is 49.6 Å². The van der Waals surface area contributed by atoms with Crippen molar-refractivity contribution in [1.82, 2.24) is 4.67 Å². The lowest BCUT2D eigenvalue weighted by atomic mass is 10.0. The first-order valence-electron chi connectivity index (χ1n) is 10.3. The Balaban J connectivity index is 2.25. The number of hydrogen-bond acceptors (Lipinski definition) is 2. The predicted molar refractivity (Wildman–Crippen MR) is 117 cm³/mol. The summed E-state index contributed by atoms with van der Waals surface area (Å²) in [6.07, 6.45) is 10.5. The summed E-state index contributed by atoms with van der Waals surface area (Å²) < 4.78 is 17.9. The average Bonchev–Trinajstić information content (AvgIpc) is 2.67. The van der Waals surface area contributed by atoms with E-state index in [4.69, 9.17) is 5.50 Å². The number of para-hydroxylation sites is 1. The van der Waals surface area contributed by atoms with Gasteiger partial charge in [-0.1, -0.05) is 64.2 Å². The van der Waals surface area contributed by atoms with Crippen molar-refractivity contribution in [2.45, 2.75) is 76.9 Å². The summed E-state index contributed by atoms with van der Waals surface area (Å²) in [5, 5.41) is 0.514. The Labute approximate surface area is 164 Å². The third-order valence-electron chi connectivity index (χ3n) is 4.98. The molecule has 6 heteroatoms. The van der Waals surface area contributed by atoms with Crippen molar-refractivity contribution < 1.29 is 4.57 Å². The van der Waals surface area contributed by atoms with Crippen LogP contribution in [0.2, 0.25) is 0 Å². The number of unbranched alkanes of at least 4 members (excludes halogenated alkanes) is 2. The van der Waals surface area contributed by atoms with E-state index in [1.165, 1.54) is 32.1 Å². The van der Waals surface area contributed by atoms with Gasteiger partial charge in [-0.15, -0.1) is 0 Å². The molecular formula is C20H36N3OPS. The highest BCUT2D eigenvalue weighted by Crippen LogP contribution is 2.54. The van der Waals surface area contributed by atoms with Gasteiger partial charge < -0.3 is 0 Å². The lowest BCUT2D eigenvalue weighted by Crippen LogP contribution is -2.35. The van der Waals surface area contributed by atoms with Crippen molar-refractivity contribution in [1.29, 1.82) is 0 Å². The van der Waals surface area contributed by atoms with Crippen LogP contribution < -0.4 is 9.58 Å². The van der Waals surface area contributed by atoms with Crippen molar-refractivity contribution >= 4 is 25.2 Å². The highest BCUT2D eigenvalue weighted by Gasteiger charge is 2.35. The van der Waals surface area contributed by atoms with E-state index in [0.717, 1.165) is 44.5 Å². The zero-order valence-electron chi connectivity index (χ0n) is 16.5. The molecular weight excluding hydrogens is 361 g/mol. The van der Waals surface area contributed by atoms with Crippen LogP contribution in [0, 0.1) is 0 Å². The van der Waals surface area contributed by atoms with E-state index in [2.05, 4.69) is 18.5 Å². The van der Waals surface area contributed by atoms with Gasteiger partial charge in [0.05, 0.1) is 5.69 Å². The number of hydrogen-bond donors (Lipinski definition) is 1. The minimum absolute atomic E-state index is 0.514. The van der Waals surface area contributed by atoms with Gasteiger partial charge in [0, 0.05) is 18.3 Å². The van der Waals surface area contributed by atoms with E-state index < -0.39 is 7.59 Å². The molecule has 1 unspecified atom stereocenters. The molecule has 0 spiro atoms. The van der Waals surface area contributed by atoms with Crippen molar-refractivity contribution in [3.63, 3.8) is 0 Å². The second kappa shape index (κ2) is 11.4. The molecule has 0 radical (unpaired) electrons. The minimum Gasteiger partial charge on any atom is -0.263 e. The molecule has 1 aromatic rings.